The minimum Gasteiger partial charge on any atom is -0.399 e. The van der Waals surface area contributed by atoms with E-state index in [0.717, 1.165) is 41.8 Å². The molecular formula is C27H34N2O. The molecule has 0 aromatic heterocycles. The van der Waals surface area contributed by atoms with Crippen molar-refractivity contribution in [2.75, 3.05) is 18.1 Å². The number of nitrogen functional groups attached to an aromatic ring is 2. The summed E-state index contributed by atoms with van der Waals surface area (Å²) in [6.45, 7) is 9.18. The van der Waals surface area contributed by atoms with Crippen LogP contribution in [0.4, 0.5) is 11.4 Å². The maximum Gasteiger partial charge on any atom is 0.144 e. The van der Waals surface area contributed by atoms with Crippen LogP contribution in [0.5, 0.6) is 0 Å². The van der Waals surface area contributed by atoms with E-state index < -0.39 is 5.60 Å². The zero-order chi connectivity index (χ0) is 21.7. The van der Waals surface area contributed by atoms with Crippen LogP contribution in [-0.2, 0) is 29.6 Å². The van der Waals surface area contributed by atoms with E-state index in [0.29, 0.717) is 6.61 Å². The summed E-state index contributed by atoms with van der Waals surface area (Å²) in [5.74, 6) is 0. The molecule has 0 fully saturated rings. The van der Waals surface area contributed by atoms with Crippen LogP contribution in [0.2, 0.25) is 0 Å². The summed E-state index contributed by atoms with van der Waals surface area (Å²) in [5.41, 5.74) is 20.7. The number of benzene rings is 3. The molecule has 0 aliphatic heterocycles. The van der Waals surface area contributed by atoms with Gasteiger partial charge in [0.15, 0.2) is 0 Å². The van der Waals surface area contributed by atoms with E-state index in [9.17, 15) is 0 Å². The van der Waals surface area contributed by atoms with E-state index in [1.54, 1.807) is 0 Å². The SMILES string of the molecule is CCOC(c1ccccc1)(c1ccc(N)cc1)c1cc(CC)c(N)c(CC)c1CC. The Bertz CT molecular complexity index is 980. The van der Waals surface area contributed by atoms with Crippen LogP contribution in [0, 0.1) is 0 Å². The van der Waals surface area contributed by atoms with Gasteiger partial charge in [0.25, 0.3) is 0 Å². The fourth-order valence-corrected chi connectivity index (χ4v) is 4.60. The first-order valence-corrected chi connectivity index (χ1v) is 11.0. The first-order valence-electron chi connectivity index (χ1n) is 11.0. The number of hydrogen-bond acceptors (Lipinski definition) is 3. The molecule has 0 aliphatic carbocycles. The van der Waals surface area contributed by atoms with Crippen LogP contribution in [0.1, 0.15) is 61.1 Å². The van der Waals surface area contributed by atoms with Crippen LogP contribution in [0.3, 0.4) is 0 Å². The molecule has 4 N–H and O–H groups in total. The van der Waals surface area contributed by atoms with Crippen LogP contribution >= 0.6 is 0 Å². The Hall–Kier alpha value is -2.78. The fourth-order valence-electron chi connectivity index (χ4n) is 4.60. The molecule has 158 valence electrons. The highest BCUT2D eigenvalue weighted by atomic mass is 16.5. The lowest BCUT2D eigenvalue weighted by Gasteiger charge is -2.38. The van der Waals surface area contributed by atoms with Crippen molar-refractivity contribution in [3.8, 4) is 0 Å². The second-order valence-corrected chi connectivity index (χ2v) is 7.62. The third kappa shape index (κ3) is 3.70. The first-order chi connectivity index (χ1) is 14.5. The molecule has 3 aromatic carbocycles. The predicted molar refractivity (Wildman–Crippen MR) is 128 cm³/mol. The van der Waals surface area contributed by atoms with Gasteiger partial charge in [0.05, 0.1) is 0 Å². The van der Waals surface area contributed by atoms with Crippen molar-refractivity contribution in [2.24, 2.45) is 0 Å². The third-order valence-corrected chi connectivity index (χ3v) is 6.00. The van der Waals surface area contributed by atoms with Crippen molar-refractivity contribution in [3.63, 3.8) is 0 Å². The van der Waals surface area contributed by atoms with Crippen LogP contribution in [-0.4, -0.2) is 6.61 Å². The average molecular weight is 403 g/mol. The summed E-state index contributed by atoms with van der Waals surface area (Å²) in [7, 11) is 0. The van der Waals surface area contributed by atoms with Gasteiger partial charge < -0.3 is 16.2 Å². The van der Waals surface area contributed by atoms with E-state index in [4.69, 9.17) is 16.2 Å². The second kappa shape index (κ2) is 9.36. The Balaban J connectivity index is 2.48. The lowest BCUT2D eigenvalue weighted by molar-refractivity contribution is 0.0209. The topological polar surface area (TPSA) is 61.3 Å². The van der Waals surface area contributed by atoms with Gasteiger partial charge in [0.1, 0.15) is 5.60 Å². The number of ether oxygens (including phenoxy) is 1. The third-order valence-electron chi connectivity index (χ3n) is 6.00. The molecule has 3 aromatic rings. The van der Waals surface area contributed by atoms with E-state index >= 15 is 0 Å². The van der Waals surface area contributed by atoms with Crippen LogP contribution in [0.25, 0.3) is 0 Å². The molecule has 3 rings (SSSR count). The molecule has 30 heavy (non-hydrogen) atoms. The van der Waals surface area contributed by atoms with Crippen molar-refractivity contribution in [1.29, 1.82) is 0 Å². The van der Waals surface area contributed by atoms with Crippen LogP contribution in [0.15, 0.2) is 60.7 Å². The van der Waals surface area contributed by atoms with Crippen molar-refractivity contribution in [2.45, 2.75) is 52.6 Å². The molecule has 3 heteroatoms. The van der Waals surface area contributed by atoms with Gasteiger partial charge in [-0.15, -0.1) is 0 Å². The van der Waals surface area contributed by atoms with Crippen LogP contribution < -0.4 is 11.5 Å². The molecule has 0 radical (unpaired) electrons. The Labute approximate surface area is 181 Å². The zero-order valence-electron chi connectivity index (χ0n) is 18.7. The van der Waals surface area contributed by atoms with Gasteiger partial charge in [-0.3, -0.25) is 0 Å². The largest absolute Gasteiger partial charge is 0.399 e. The van der Waals surface area contributed by atoms with Gasteiger partial charge in [0.2, 0.25) is 0 Å². The Morgan fingerprint density at radius 1 is 0.733 bits per heavy atom. The molecule has 0 amide bonds. The molecule has 0 aliphatic rings. The van der Waals surface area contributed by atoms with Gasteiger partial charge in [-0.25, -0.2) is 0 Å². The first kappa shape index (κ1) is 21.9. The molecule has 0 heterocycles. The van der Waals surface area contributed by atoms with Crippen molar-refractivity contribution >= 4 is 11.4 Å². The Morgan fingerprint density at radius 2 is 1.33 bits per heavy atom. The summed E-state index contributed by atoms with van der Waals surface area (Å²) in [4.78, 5) is 0. The summed E-state index contributed by atoms with van der Waals surface area (Å²) in [6, 6.07) is 20.9. The number of hydrogen-bond donors (Lipinski definition) is 2. The van der Waals surface area contributed by atoms with E-state index in [2.05, 4.69) is 70.2 Å². The summed E-state index contributed by atoms with van der Waals surface area (Å²) in [5, 5.41) is 0. The highest BCUT2D eigenvalue weighted by Crippen LogP contribution is 2.45. The monoisotopic (exact) mass is 402 g/mol. The summed E-state index contributed by atoms with van der Waals surface area (Å²) >= 11 is 0. The maximum atomic E-state index is 6.73. The van der Waals surface area contributed by atoms with Gasteiger partial charge in [-0.2, -0.15) is 0 Å². The highest BCUT2D eigenvalue weighted by Gasteiger charge is 2.40. The Morgan fingerprint density at radius 3 is 1.87 bits per heavy atom. The van der Waals surface area contributed by atoms with Gasteiger partial charge in [-0.1, -0.05) is 63.2 Å². The fraction of sp³-hybridized carbons (Fsp3) is 0.333. The van der Waals surface area contributed by atoms with Crippen molar-refractivity contribution in [3.05, 3.63) is 94.0 Å². The summed E-state index contributed by atoms with van der Waals surface area (Å²) in [6.07, 6.45) is 2.67. The highest BCUT2D eigenvalue weighted by molar-refractivity contribution is 5.64. The second-order valence-electron chi connectivity index (χ2n) is 7.62. The normalized spacial score (nSPS) is 13.2. The predicted octanol–water partition coefficient (Wildman–Crippen LogP) is 5.87. The Kier molecular flexibility index (Phi) is 6.84. The molecular weight excluding hydrogens is 368 g/mol. The van der Waals surface area contributed by atoms with E-state index in [1.165, 1.54) is 22.3 Å². The molecule has 1 unspecified atom stereocenters. The minimum absolute atomic E-state index is 0.579. The number of anilines is 2. The van der Waals surface area contributed by atoms with Crippen molar-refractivity contribution < 1.29 is 4.74 Å². The van der Waals surface area contributed by atoms with E-state index in [-0.39, 0.29) is 0 Å². The minimum atomic E-state index is -0.726. The number of nitrogens with two attached hydrogens (primary N) is 2. The smallest absolute Gasteiger partial charge is 0.144 e. The van der Waals surface area contributed by atoms with Gasteiger partial charge >= 0.3 is 0 Å². The molecule has 0 bridgehead atoms. The molecule has 1 atom stereocenters. The summed E-state index contributed by atoms with van der Waals surface area (Å²) < 4.78 is 6.73. The van der Waals surface area contributed by atoms with Gasteiger partial charge in [-0.05, 0) is 77.8 Å². The lowest BCUT2D eigenvalue weighted by atomic mass is 9.75. The average Bonchev–Trinajstić information content (AvgIpc) is 2.78. The van der Waals surface area contributed by atoms with Crippen molar-refractivity contribution in [1.82, 2.24) is 0 Å². The number of aryl methyl sites for hydroxylation is 1. The van der Waals surface area contributed by atoms with E-state index in [1.807, 2.05) is 18.2 Å². The quantitative estimate of drug-likeness (QED) is 0.366. The molecule has 0 spiro atoms. The standard InChI is InChI=1S/C27H34N2O/c1-5-19-18-25(23(6-2)24(7-3)26(19)29)27(30-8-4,20-12-10-9-11-13-20)21-14-16-22(28)17-15-21/h9-18H,5-8,28-29H2,1-4H3. The number of rotatable bonds is 8. The lowest BCUT2D eigenvalue weighted by Crippen LogP contribution is -2.35. The molecule has 0 saturated heterocycles. The molecule has 3 nitrogen and oxygen atoms in total. The molecule has 0 saturated carbocycles. The zero-order valence-corrected chi connectivity index (χ0v) is 18.7. The van der Waals surface area contributed by atoms with Gasteiger partial charge in [0, 0.05) is 18.0 Å². The maximum absolute atomic E-state index is 6.73.